The number of benzene rings is 1. The number of carbonyl (C=O) groups excluding carboxylic acids is 2. The third-order valence-electron chi connectivity index (χ3n) is 2.91. The van der Waals surface area contributed by atoms with E-state index in [0.717, 1.165) is 11.3 Å². The maximum absolute atomic E-state index is 11.5. The Morgan fingerprint density at radius 2 is 1.90 bits per heavy atom. The lowest BCUT2D eigenvalue weighted by Crippen LogP contribution is -2.27. The van der Waals surface area contributed by atoms with Crippen LogP contribution in [0.3, 0.4) is 0 Å². The second kappa shape index (κ2) is 8.42. The highest BCUT2D eigenvalue weighted by molar-refractivity contribution is 5.94. The maximum atomic E-state index is 11.5. The summed E-state index contributed by atoms with van der Waals surface area (Å²) in [6, 6.07) is 5.37. The number of Topliss-reactive ketones (excluding diaryl/α,β-unsaturated/α-hetero) is 1. The number of ether oxygens (including phenoxy) is 2. The molecule has 5 nitrogen and oxygen atoms in total. The summed E-state index contributed by atoms with van der Waals surface area (Å²) in [6.07, 6.45) is 0. The number of esters is 1. The van der Waals surface area contributed by atoms with Crippen LogP contribution in [0, 0.1) is 0 Å². The molecule has 0 bridgehead atoms. The van der Waals surface area contributed by atoms with Gasteiger partial charge in [0.25, 0.3) is 0 Å². The van der Waals surface area contributed by atoms with Gasteiger partial charge in [0.15, 0.2) is 5.78 Å². The largest absolute Gasteiger partial charge is 0.494 e. The van der Waals surface area contributed by atoms with E-state index >= 15 is 0 Å². The van der Waals surface area contributed by atoms with Crippen molar-refractivity contribution in [1.29, 1.82) is 0 Å². The predicted molar refractivity (Wildman–Crippen MR) is 80.6 cm³/mol. The van der Waals surface area contributed by atoms with Gasteiger partial charge in [-0.15, -0.1) is 0 Å². The lowest BCUT2D eigenvalue weighted by atomic mass is 10.1. The second-order valence-electron chi connectivity index (χ2n) is 4.79. The van der Waals surface area contributed by atoms with Crippen LogP contribution in [-0.4, -0.2) is 43.5 Å². The summed E-state index contributed by atoms with van der Waals surface area (Å²) in [6.45, 7) is 6.85. The van der Waals surface area contributed by atoms with Crippen LogP contribution < -0.4 is 4.74 Å². The summed E-state index contributed by atoms with van der Waals surface area (Å²) >= 11 is 0. The topological polar surface area (TPSA) is 55.8 Å². The van der Waals surface area contributed by atoms with Crippen LogP contribution in [0.15, 0.2) is 18.2 Å². The predicted octanol–water partition coefficient (Wildman–Crippen LogP) is 2.28. The second-order valence-corrected chi connectivity index (χ2v) is 4.79. The summed E-state index contributed by atoms with van der Waals surface area (Å²) in [7, 11) is 1.83. The van der Waals surface area contributed by atoms with E-state index < -0.39 is 0 Å². The SMILES string of the molecule is CCOC(=O)CN(C)Cc1cc(C(C)=O)ccc1OCC. The fourth-order valence-electron chi connectivity index (χ4n) is 1.99. The van der Waals surface area contributed by atoms with Gasteiger partial charge < -0.3 is 9.47 Å². The van der Waals surface area contributed by atoms with Gasteiger partial charge in [0, 0.05) is 17.7 Å². The first-order chi connectivity index (χ1) is 9.97. The maximum Gasteiger partial charge on any atom is 0.320 e. The molecular formula is C16H23NO4. The Kier molecular flexibility index (Phi) is 6.88. The molecule has 0 aliphatic rings. The summed E-state index contributed by atoms with van der Waals surface area (Å²) in [5.74, 6) is 0.478. The van der Waals surface area contributed by atoms with Crippen molar-refractivity contribution in [3.8, 4) is 5.75 Å². The molecule has 0 saturated carbocycles. The molecule has 0 atom stereocenters. The van der Waals surface area contributed by atoms with Crippen LogP contribution in [0.1, 0.15) is 36.7 Å². The molecule has 0 saturated heterocycles. The van der Waals surface area contributed by atoms with Gasteiger partial charge in [-0.3, -0.25) is 14.5 Å². The van der Waals surface area contributed by atoms with Crippen molar-refractivity contribution in [2.75, 3.05) is 26.8 Å². The zero-order chi connectivity index (χ0) is 15.8. The minimum Gasteiger partial charge on any atom is -0.494 e. The van der Waals surface area contributed by atoms with E-state index in [1.165, 1.54) is 6.92 Å². The number of nitrogens with zero attached hydrogens (tertiary/aromatic N) is 1. The smallest absolute Gasteiger partial charge is 0.320 e. The zero-order valence-electron chi connectivity index (χ0n) is 13.1. The normalized spacial score (nSPS) is 10.5. The fourth-order valence-corrected chi connectivity index (χ4v) is 1.99. The van der Waals surface area contributed by atoms with E-state index in [2.05, 4.69) is 0 Å². The molecule has 1 aromatic rings. The fraction of sp³-hybridized carbons (Fsp3) is 0.500. The Hall–Kier alpha value is -1.88. The molecule has 116 valence electrons. The minimum atomic E-state index is -0.263. The lowest BCUT2D eigenvalue weighted by Gasteiger charge is -2.18. The van der Waals surface area contributed by atoms with Crippen LogP contribution in [0.25, 0.3) is 0 Å². The third kappa shape index (κ3) is 5.55. The molecular weight excluding hydrogens is 270 g/mol. The molecule has 0 radical (unpaired) electrons. The van der Waals surface area contributed by atoms with Crippen LogP contribution in [0.2, 0.25) is 0 Å². The first-order valence-corrected chi connectivity index (χ1v) is 7.08. The van der Waals surface area contributed by atoms with E-state index in [1.54, 1.807) is 19.1 Å². The number of hydrogen-bond donors (Lipinski definition) is 0. The van der Waals surface area contributed by atoms with E-state index in [-0.39, 0.29) is 18.3 Å². The van der Waals surface area contributed by atoms with Crippen molar-refractivity contribution in [1.82, 2.24) is 4.90 Å². The number of likely N-dealkylation sites (N-methyl/N-ethyl adjacent to an activating group) is 1. The van der Waals surface area contributed by atoms with E-state index in [1.807, 2.05) is 24.9 Å². The molecule has 0 aliphatic heterocycles. The minimum absolute atomic E-state index is 0.00680. The molecule has 0 N–H and O–H groups in total. The van der Waals surface area contributed by atoms with Crippen LogP contribution in [0.5, 0.6) is 5.75 Å². The van der Waals surface area contributed by atoms with Crippen molar-refractivity contribution in [3.63, 3.8) is 0 Å². The highest BCUT2D eigenvalue weighted by atomic mass is 16.5. The van der Waals surface area contributed by atoms with Gasteiger partial charge >= 0.3 is 5.97 Å². The summed E-state index contributed by atoms with van der Waals surface area (Å²) < 4.78 is 10.5. The molecule has 0 aromatic heterocycles. The molecule has 0 heterocycles. The molecule has 0 unspecified atom stereocenters. The van der Waals surface area contributed by atoms with Crippen LogP contribution in [-0.2, 0) is 16.1 Å². The monoisotopic (exact) mass is 293 g/mol. The zero-order valence-corrected chi connectivity index (χ0v) is 13.1. The number of hydrogen-bond acceptors (Lipinski definition) is 5. The Labute approximate surface area is 125 Å². The van der Waals surface area contributed by atoms with Gasteiger partial charge in [-0.05, 0) is 46.0 Å². The van der Waals surface area contributed by atoms with Gasteiger partial charge in [-0.1, -0.05) is 0 Å². The quantitative estimate of drug-likeness (QED) is 0.543. The number of carbonyl (C=O) groups is 2. The Bertz CT molecular complexity index is 499. The number of rotatable bonds is 8. The molecule has 1 aromatic carbocycles. The average molecular weight is 293 g/mol. The summed E-state index contributed by atoms with van der Waals surface area (Å²) in [5.41, 5.74) is 1.52. The lowest BCUT2D eigenvalue weighted by molar-refractivity contribution is -0.144. The van der Waals surface area contributed by atoms with Crippen molar-refractivity contribution in [2.24, 2.45) is 0 Å². The molecule has 5 heteroatoms. The standard InChI is InChI=1S/C16H23NO4/c1-5-20-15-8-7-13(12(3)18)9-14(15)10-17(4)11-16(19)21-6-2/h7-9H,5-6,10-11H2,1-4H3. The Morgan fingerprint density at radius 3 is 2.48 bits per heavy atom. The van der Waals surface area contributed by atoms with E-state index in [9.17, 15) is 9.59 Å². The molecule has 21 heavy (non-hydrogen) atoms. The van der Waals surface area contributed by atoms with Crippen molar-refractivity contribution < 1.29 is 19.1 Å². The van der Waals surface area contributed by atoms with Crippen molar-refractivity contribution >= 4 is 11.8 Å². The first kappa shape index (κ1) is 17.2. The van der Waals surface area contributed by atoms with Crippen LogP contribution in [0.4, 0.5) is 0 Å². The van der Waals surface area contributed by atoms with Gasteiger partial charge in [0.2, 0.25) is 0 Å². The average Bonchev–Trinajstić information content (AvgIpc) is 2.40. The summed E-state index contributed by atoms with van der Waals surface area (Å²) in [4.78, 5) is 24.8. The molecule has 1 rings (SSSR count). The van der Waals surface area contributed by atoms with Gasteiger partial charge in [-0.25, -0.2) is 0 Å². The van der Waals surface area contributed by atoms with E-state index in [0.29, 0.717) is 25.3 Å². The van der Waals surface area contributed by atoms with Crippen molar-refractivity contribution in [2.45, 2.75) is 27.3 Å². The van der Waals surface area contributed by atoms with Gasteiger partial charge in [0.05, 0.1) is 19.8 Å². The third-order valence-corrected chi connectivity index (χ3v) is 2.91. The Morgan fingerprint density at radius 1 is 1.19 bits per heavy atom. The highest BCUT2D eigenvalue weighted by Gasteiger charge is 2.12. The molecule has 0 amide bonds. The molecule has 0 fully saturated rings. The molecule has 0 aliphatic carbocycles. The van der Waals surface area contributed by atoms with Gasteiger partial charge in [-0.2, -0.15) is 0 Å². The first-order valence-electron chi connectivity index (χ1n) is 7.08. The molecule has 0 spiro atoms. The van der Waals surface area contributed by atoms with Crippen molar-refractivity contribution in [3.05, 3.63) is 29.3 Å². The Balaban J connectivity index is 2.85. The van der Waals surface area contributed by atoms with E-state index in [4.69, 9.17) is 9.47 Å². The van der Waals surface area contributed by atoms with Crippen LogP contribution >= 0.6 is 0 Å². The number of ketones is 1. The highest BCUT2D eigenvalue weighted by Crippen LogP contribution is 2.22. The van der Waals surface area contributed by atoms with Gasteiger partial charge in [0.1, 0.15) is 5.75 Å². The summed E-state index contributed by atoms with van der Waals surface area (Å²) in [5, 5.41) is 0.